The number of hydrogen-bond acceptors (Lipinski definition) is 5. The molecular formula is C25H22N4O3. The second-order valence-electron chi connectivity index (χ2n) is 7.16. The lowest BCUT2D eigenvalue weighted by Gasteiger charge is -2.07. The van der Waals surface area contributed by atoms with Crippen molar-refractivity contribution in [3.05, 3.63) is 102 Å². The van der Waals surface area contributed by atoms with Crippen LogP contribution < -0.4 is 10.2 Å². The number of phenolic OH excluding ortho intramolecular Hbond substituents is 1. The standard InChI is InChI=1S/C25H22N4O3/c1-17(19-9-5-11-21(30)13-19)26-29-25(31)24-15-23(27-28-24)20-10-6-12-22(14-20)32-16-18-7-3-2-4-8-18/h2-15,30H,16H2,1H3,(H,27,28)(H,29,31). The van der Waals surface area contributed by atoms with Crippen LogP contribution in [0.1, 0.15) is 28.5 Å². The summed E-state index contributed by atoms with van der Waals surface area (Å²) in [5.41, 5.74) is 6.59. The Bertz CT molecular complexity index is 1250. The number of carbonyl (C=O) groups excluding carboxylic acids is 1. The van der Waals surface area contributed by atoms with Crippen molar-refractivity contribution in [2.24, 2.45) is 5.10 Å². The van der Waals surface area contributed by atoms with E-state index in [0.29, 0.717) is 29.3 Å². The van der Waals surface area contributed by atoms with Crippen molar-refractivity contribution >= 4 is 11.6 Å². The first-order valence-corrected chi connectivity index (χ1v) is 10.0. The number of aromatic nitrogens is 2. The summed E-state index contributed by atoms with van der Waals surface area (Å²) < 4.78 is 5.87. The van der Waals surface area contributed by atoms with Gasteiger partial charge in [0.2, 0.25) is 0 Å². The minimum Gasteiger partial charge on any atom is -0.508 e. The van der Waals surface area contributed by atoms with Crippen LogP contribution in [0.2, 0.25) is 0 Å². The maximum Gasteiger partial charge on any atom is 0.289 e. The van der Waals surface area contributed by atoms with Gasteiger partial charge in [-0.15, -0.1) is 0 Å². The van der Waals surface area contributed by atoms with Crippen LogP contribution in [0, 0.1) is 0 Å². The Balaban J connectivity index is 1.42. The lowest BCUT2D eigenvalue weighted by Crippen LogP contribution is -2.19. The molecule has 7 heteroatoms. The number of nitrogens with one attached hydrogen (secondary N) is 2. The van der Waals surface area contributed by atoms with E-state index in [2.05, 4.69) is 20.7 Å². The first-order valence-electron chi connectivity index (χ1n) is 10.0. The van der Waals surface area contributed by atoms with Crippen LogP contribution in [-0.2, 0) is 6.61 Å². The molecule has 0 radical (unpaired) electrons. The van der Waals surface area contributed by atoms with Gasteiger partial charge >= 0.3 is 0 Å². The zero-order valence-corrected chi connectivity index (χ0v) is 17.4. The fourth-order valence-electron chi connectivity index (χ4n) is 3.06. The first kappa shape index (κ1) is 20.9. The van der Waals surface area contributed by atoms with Gasteiger partial charge in [0.05, 0.1) is 11.4 Å². The summed E-state index contributed by atoms with van der Waals surface area (Å²) in [5, 5.41) is 20.7. The number of H-pyrrole nitrogens is 1. The molecule has 0 atom stereocenters. The van der Waals surface area contributed by atoms with Crippen molar-refractivity contribution in [1.29, 1.82) is 0 Å². The maximum atomic E-state index is 12.5. The average molecular weight is 426 g/mol. The molecule has 4 rings (SSSR count). The molecule has 7 nitrogen and oxygen atoms in total. The molecule has 1 amide bonds. The molecule has 0 bridgehead atoms. The van der Waals surface area contributed by atoms with Crippen molar-refractivity contribution in [3.63, 3.8) is 0 Å². The number of aromatic hydroxyl groups is 1. The molecule has 160 valence electrons. The predicted octanol–water partition coefficient (Wildman–Crippen LogP) is 4.52. The summed E-state index contributed by atoms with van der Waals surface area (Å²) >= 11 is 0. The predicted molar refractivity (Wildman–Crippen MR) is 123 cm³/mol. The van der Waals surface area contributed by atoms with Crippen LogP contribution >= 0.6 is 0 Å². The molecule has 0 saturated heterocycles. The highest BCUT2D eigenvalue weighted by atomic mass is 16.5. The fraction of sp³-hybridized carbons (Fsp3) is 0.0800. The van der Waals surface area contributed by atoms with Gasteiger partial charge in [0, 0.05) is 11.1 Å². The summed E-state index contributed by atoms with van der Waals surface area (Å²) in [4.78, 5) is 12.5. The number of benzene rings is 3. The van der Waals surface area contributed by atoms with Crippen molar-refractivity contribution in [3.8, 4) is 22.8 Å². The van der Waals surface area contributed by atoms with E-state index in [9.17, 15) is 9.90 Å². The summed E-state index contributed by atoms with van der Waals surface area (Å²) in [5.74, 6) is 0.433. The number of aromatic amines is 1. The van der Waals surface area contributed by atoms with E-state index in [1.807, 2.05) is 54.6 Å². The van der Waals surface area contributed by atoms with Crippen LogP contribution in [0.3, 0.4) is 0 Å². The summed E-state index contributed by atoms with van der Waals surface area (Å²) in [6, 6.07) is 25.8. The number of amides is 1. The van der Waals surface area contributed by atoms with Crippen molar-refractivity contribution in [1.82, 2.24) is 15.6 Å². The summed E-state index contributed by atoms with van der Waals surface area (Å²) in [7, 11) is 0. The van der Waals surface area contributed by atoms with Gasteiger partial charge in [-0.3, -0.25) is 9.89 Å². The van der Waals surface area contributed by atoms with Gasteiger partial charge in [-0.05, 0) is 42.8 Å². The first-order chi connectivity index (χ1) is 15.6. The number of hydrogen-bond donors (Lipinski definition) is 3. The van der Waals surface area contributed by atoms with Crippen molar-refractivity contribution in [2.75, 3.05) is 0 Å². The molecule has 3 N–H and O–H groups in total. The molecule has 1 aromatic heterocycles. The lowest BCUT2D eigenvalue weighted by molar-refractivity contribution is 0.0950. The van der Waals surface area contributed by atoms with Crippen molar-refractivity contribution < 1.29 is 14.6 Å². The van der Waals surface area contributed by atoms with E-state index in [1.165, 1.54) is 0 Å². The van der Waals surface area contributed by atoms with E-state index in [0.717, 1.165) is 11.1 Å². The topological polar surface area (TPSA) is 99.6 Å². The third-order valence-electron chi connectivity index (χ3n) is 4.79. The molecule has 0 unspecified atom stereocenters. The van der Waals surface area contributed by atoms with E-state index < -0.39 is 5.91 Å². The second kappa shape index (κ2) is 9.61. The molecule has 3 aromatic carbocycles. The summed E-state index contributed by atoms with van der Waals surface area (Å²) in [6.07, 6.45) is 0. The zero-order valence-electron chi connectivity index (χ0n) is 17.4. The van der Waals surface area contributed by atoms with Crippen LogP contribution in [0.5, 0.6) is 11.5 Å². The van der Waals surface area contributed by atoms with Crippen LogP contribution in [0.15, 0.2) is 90.0 Å². The lowest BCUT2D eigenvalue weighted by atomic mass is 10.1. The molecule has 0 aliphatic heterocycles. The van der Waals surface area contributed by atoms with E-state index in [1.54, 1.807) is 37.3 Å². The highest BCUT2D eigenvalue weighted by Gasteiger charge is 2.12. The highest BCUT2D eigenvalue weighted by Crippen LogP contribution is 2.23. The Morgan fingerprint density at radius 1 is 1.03 bits per heavy atom. The molecule has 0 spiro atoms. The van der Waals surface area contributed by atoms with Gasteiger partial charge in [-0.1, -0.05) is 54.6 Å². The Hall–Kier alpha value is -4.39. The Labute approximate surface area is 185 Å². The van der Waals surface area contributed by atoms with Crippen LogP contribution in [-0.4, -0.2) is 26.9 Å². The van der Waals surface area contributed by atoms with E-state index in [4.69, 9.17) is 4.74 Å². The molecule has 0 fully saturated rings. The minimum absolute atomic E-state index is 0.136. The Morgan fingerprint density at radius 3 is 2.66 bits per heavy atom. The molecule has 0 aliphatic rings. The molecule has 1 heterocycles. The van der Waals surface area contributed by atoms with Gasteiger partial charge < -0.3 is 9.84 Å². The number of nitrogens with zero attached hydrogens (tertiary/aromatic N) is 2. The second-order valence-corrected chi connectivity index (χ2v) is 7.16. The normalized spacial score (nSPS) is 11.2. The number of ether oxygens (including phenoxy) is 1. The monoisotopic (exact) mass is 426 g/mol. The fourth-order valence-corrected chi connectivity index (χ4v) is 3.06. The molecule has 0 aliphatic carbocycles. The molecular weight excluding hydrogens is 404 g/mol. The molecule has 32 heavy (non-hydrogen) atoms. The Kier molecular flexibility index (Phi) is 6.27. The maximum absolute atomic E-state index is 12.5. The zero-order chi connectivity index (χ0) is 22.3. The van der Waals surface area contributed by atoms with Gasteiger partial charge in [0.25, 0.3) is 5.91 Å². The highest BCUT2D eigenvalue weighted by molar-refractivity contribution is 6.00. The third-order valence-corrected chi connectivity index (χ3v) is 4.79. The summed E-state index contributed by atoms with van der Waals surface area (Å²) in [6.45, 7) is 2.21. The Morgan fingerprint density at radius 2 is 1.84 bits per heavy atom. The quantitative estimate of drug-likeness (QED) is 0.299. The number of hydrazone groups is 1. The van der Waals surface area contributed by atoms with Gasteiger partial charge in [-0.25, -0.2) is 5.43 Å². The van der Waals surface area contributed by atoms with E-state index in [-0.39, 0.29) is 11.4 Å². The SMILES string of the molecule is CC(=NNC(=O)c1cc(-c2cccc(OCc3ccccc3)c2)n[nH]1)c1cccc(O)c1. The number of phenols is 1. The van der Waals surface area contributed by atoms with Crippen LogP contribution in [0.4, 0.5) is 0 Å². The molecule has 4 aromatic rings. The third kappa shape index (κ3) is 5.20. The molecule has 0 saturated carbocycles. The van der Waals surface area contributed by atoms with Crippen molar-refractivity contribution in [2.45, 2.75) is 13.5 Å². The largest absolute Gasteiger partial charge is 0.508 e. The van der Waals surface area contributed by atoms with Gasteiger partial charge in [0.15, 0.2) is 0 Å². The number of carbonyl (C=O) groups is 1. The number of rotatable bonds is 7. The van der Waals surface area contributed by atoms with Gasteiger partial charge in [-0.2, -0.15) is 10.2 Å². The van der Waals surface area contributed by atoms with Crippen LogP contribution in [0.25, 0.3) is 11.3 Å². The van der Waals surface area contributed by atoms with Gasteiger partial charge in [0.1, 0.15) is 23.8 Å². The average Bonchev–Trinajstić information content (AvgIpc) is 3.32. The minimum atomic E-state index is -0.417. The smallest absolute Gasteiger partial charge is 0.289 e. The van der Waals surface area contributed by atoms with E-state index >= 15 is 0 Å².